The summed E-state index contributed by atoms with van der Waals surface area (Å²) in [5, 5.41) is 0. The van der Waals surface area contributed by atoms with Crippen molar-refractivity contribution in [2.45, 2.75) is 19.4 Å². The normalized spacial score (nSPS) is 14.8. The lowest BCUT2D eigenvalue weighted by Crippen LogP contribution is -2.30. The van der Waals surface area contributed by atoms with Gasteiger partial charge in [-0.2, -0.15) is 0 Å². The van der Waals surface area contributed by atoms with Gasteiger partial charge in [0.05, 0.1) is 7.11 Å². The average molecular weight is 223 g/mol. The van der Waals surface area contributed by atoms with Crippen molar-refractivity contribution in [2.24, 2.45) is 5.73 Å². The van der Waals surface area contributed by atoms with E-state index in [0.29, 0.717) is 19.0 Å². The van der Waals surface area contributed by atoms with Crippen LogP contribution in [0.2, 0.25) is 0 Å². The zero-order chi connectivity index (χ0) is 11.8. The first kappa shape index (κ1) is 11.1. The van der Waals surface area contributed by atoms with Gasteiger partial charge in [0.2, 0.25) is 0 Å². The summed E-state index contributed by atoms with van der Waals surface area (Å²) in [6, 6.07) is 3.72. The van der Waals surface area contributed by atoms with Crippen molar-refractivity contribution < 1.29 is 14.2 Å². The monoisotopic (exact) mass is 223 g/mol. The van der Waals surface area contributed by atoms with Gasteiger partial charge < -0.3 is 19.9 Å². The van der Waals surface area contributed by atoms with Crippen LogP contribution in [0.1, 0.15) is 19.4 Å². The van der Waals surface area contributed by atoms with Gasteiger partial charge in [-0.15, -0.1) is 0 Å². The second-order valence-electron chi connectivity index (χ2n) is 4.42. The summed E-state index contributed by atoms with van der Waals surface area (Å²) in [6.45, 7) is 4.98. The number of methoxy groups -OCH3 is 1. The number of fused-ring (bicyclic) bond motifs is 1. The number of ether oxygens (including phenoxy) is 3. The molecule has 16 heavy (non-hydrogen) atoms. The van der Waals surface area contributed by atoms with Crippen LogP contribution in [0.4, 0.5) is 0 Å². The van der Waals surface area contributed by atoms with Crippen LogP contribution < -0.4 is 19.9 Å². The van der Waals surface area contributed by atoms with Crippen molar-refractivity contribution in [1.82, 2.24) is 0 Å². The smallest absolute Gasteiger partial charge is 0.166 e. The highest BCUT2D eigenvalue weighted by Gasteiger charge is 2.26. The van der Waals surface area contributed by atoms with Crippen molar-refractivity contribution in [2.75, 3.05) is 20.3 Å². The molecule has 0 aliphatic carbocycles. The predicted octanol–water partition coefficient (Wildman–Crippen LogP) is 1.66. The van der Waals surface area contributed by atoms with Gasteiger partial charge >= 0.3 is 0 Å². The predicted molar refractivity (Wildman–Crippen MR) is 61.2 cm³/mol. The number of benzene rings is 1. The molecule has 2 rings (SSSR count). The number of nitrogens with two attached hydrogens (primary N) is 1. The molecule has 4 nitrogen and oxygen atoms in total. The van der Waals surface area contributed by atoms with Gasteiger partial charge in [0.15, 0.2) is 11.5 Å². The lowest BCUT2D eigenvalue weighted by molar-refractivity contribution is 0.167. The van der Waals surface area contributed by atoms with E-state index < -0.39 is 5.54 Å². The molecule has 0 fully saturated rings. The van der Waals surface area contributed by atoms with Gasteiger partial charge in [0.1, 0.15) is 19.0 Å². The van der Waals surface area contributed by atoms with Gasteiger partial charge in [-0.25, -0.2) is 0 Å². The van der Waals surface area contributed by atoms with Crippen LogP contribution in [0.25, 0.3) is 0 Å². The van der Waals surface area contributed by atoms with E-state index >= 15 is 0 Å². The third kappa shape index (κ3) is 1.93. The van der Waals surface area contributed by atoms with Crippen LogP contribution in [0, 0.1) is 0 Å². The Kier molecular flexibility index (Phi) is 2.68. The second-order valence-corrected chi connectivity index (χ2v) is 4.42. The van der Waals surface area contributed by atoms with Crippen LogP contribution in [0.3, 0.4) is 0 Å². The molecule has 0 atom stereocenters. The fourth-order valence-electron chi connectivity index (χ4n) is 1.72. The maximum Gasteiger partial charge on any atom is 0.166 e. The van der Waals surface area contributed by atoms with Gasteiger partial charge in [-0.1, -0.05) is 0 Å². The van der Waals surface area contributed by atoms with Crippen LogP contribution in [-0.4, -0.2) is 20.3 Å². The Bertz CT molecular complexity index is 396. The second kappa shape index (κ2) is 3.87. The molecule has 1 heterocycles. The summed E-state index contributed by atoms with van der Waals surface area (Å²) < 4.78 is 16.4. The van der Waals surface area contributed by atoms with E-state index in [-0.39, 0.29) is 0 Å². The maximum atomic E-state index is 6.11. The van der Waals surface area contributed by atoms with Crippen molar-refractivity contribution in [1.29, 1.82) is 0 Å². The van der Waals surface area contributed by atoms with E-state index in [2.05, 4.69) is 0 Å². The van der Waals surface area contributed by atoms with Crippen molar-refractivity contribution in [3.63, 3.8) is 0 Å². The molecule has 1 aliphatic rings. The first-order valence-electron chi connectivity index (χ1n) is 5.29. The van der Waals surface area contributed by atoms with Gasteiger partial charge in [0.25, 0.3) is 0 Å². The molecule has 0 spiro atoms. The van der Waals surface area contributed by atoms with E-state index in [1.54, 1.807) is 7.11 Å². The molecule has 4 heteroatoms. The Hall–Kier alpha value is -1.42. The van der Waals surface area contributed by atoms with Crippen molar-refractivity contribution >= 4 is 0 Å². The highest BCUT2D eigenvalue weighted by Crippen LogP contribution is 2.41. The molecule has 1 aromatic rings. The highest BCUT2D eigenvalue weighted by atomic mass is 16.6. The lowest BCUT2D eigenvalue weighted by Gasteiger charge is -2.27. The van der Waals surface area contributed by atoms with Crippen LogP contribution in [-0.2, 0) is 5.54 Å². The molecule has 0 aromatic heterocycles. The SMILES string of the molecule is COc1cc2c(c(C(C)(C)N)c1)OCCO2. The number of hydrogen-bond acceptors (Lipinski definition) is 4. The molecule has 0 amide bonds. The van der Waals surface area contributed by atoms with E-state index in [0.717, 1.165) is 17.1 Å². The Labute approximate surface area is 95.3 Å². The molecule has 0 bridgehead atoms. The van der Waals surface area contributed by atoms with E-state index in [1.165, 1.54) is 0 Å². The summed E-state index contributed by atoms with van der Waals surface area (Å²) in [6.07, 6.45) is 0. The first-order chi connectivity index (χ1) is 7.52. The summed E-state index contributed by atoms with van der Waals surface area (Å²) in [4.78, 5) is 0. The topological polar surface area (TPSA) is 53.7 Å². The molecule has 0 radical (unpaired) electrons. The first-order valence-corrected chi connectivity index (χ1v) is 5.29. The quantitative estimate of drug-likeness (QED) is 0.828. The molecular weight excluding hydrogens is 206 g/mol. The fraction of sp³-hybridized carbons (Fsp3) is 0.500. The Morgan fingerprint density at radius 2 is 1.94 bits per heavy atom. The molecule has 2 N–H and O–H groups in total. The van der Waals surface area contributed by atoms with E-state index in [1.807, 2.05) is 26.0 Å². The fourth-order valence-corrected chi connectivity index (χ4v) is 1.72. The molecule has 0 unspecified atom stereocenters. The Balaban J connectivity index is 2.56. The van der Waals surface area contributed by atoms with Crippen LogP contribution >= 0.6 is 0 Å². The zero-order valence-corrected chi connectivity index (χ0v) is 9.87. The van der Waals surface area contributed by atoms with Crippen molar-refractivity contribution in [3.05, 3.63) is 17.7 Å². The molecule has 1 aromatic carbocycles. The Morgan fingerprint density at radius 3 is 2.56 bits per heavy atom. The minimum absolute atomic E-state index is 0.487. The third-order valence-electron chi connectivity index (χ3n) is 2.55. The highest BCUT2D eigenvalue weighted by molar-refractivity contribution is 5.54. The van der Waals surface area contributed by atoms with Crippen LogP contribution in [0.15, 0.2) is 12.1 Å². The molecule has 0 saturated heterocycles. The van der Waals surface area contributed by atoms with Gasteiger partial charge in [0, 0.05) is 17.2 Å². The van der Waals surface area contributed by atoms with Crippen molar-refractivity contribution in [3.8, 4) is 17.2 Å². The van der Waals surface area contributed by atoms with E-state index in [9.17, 15) is 0 Å². The number of hydrogen-bond donors (Lipinski definition) is 1. The zero-order valence-electron chi connectivity index (χ0n) is 9.87. The molecule has 88 valence electrons. The average Bonchev–Trinajstić information content (AvgIpc) is 2.26. The summed E-state index contributed by atoms with van der Waals surface area (Å²) in [5.41, 5.74) is 6.53. The van der Waals surface area contributed by atoms with Gasteiger partial charge in [-0.05, 0) is 19.9 Å². The maximum absolute atomic E-state index is 6.11. The minimum Gasteiger partial charge on any atom is -0.497 e. The standard InChI is InChI=1S/C12H17NO3/c1-12(2,13)9-6-8(14-3)7-10-11(9)16-5-4-15-10/h6-7H,4-5,13H2,1-3H3. The molecule has 0 saturated carbocycles. The minimum atomic E-state index is -0.487. The van der Waals surface area contributed by atoms with Crippen LogP contribution in [0.5, 0.6) is 17.2 Å². The summed E-state index contributed by atoms with van der Waals surface area (Å²) in [7, 11) is 1.62. The molecular formula is C12H17NO3. The largest absolute Gasteiger partial charge is 0.497 e. The summed E-state index contributed by atoms with van der Waals surface area (Å²) >= 11 is 0. The Morgan fingerprint density at radius 1 is 1.25 bits per heavy atom. The summed E-state index contributed by atoms with van der Waals surface area (Å²) in [5.74, 6) is 2.18. The molecule has 1 aliphatic heterocycles. The lowest BCUT2D eigenvalue weighted by atomic mass is 9.94. The van der Waals surface area contributed by atoms with E-state index in [4.69, 9.17) is 19.9 Å². The van der Waals surface area contributed by atoms with Gasteiger partial charge in [-0.3, -0.25) is 0 Å². The third-order valence-corrected chi connectivity index (χ3v) is 2.55. The number of rotatable bonds is 2.